The zero-order valence-electron chi connectivity index (χ0n) is 22.0. The number of nitrogens with zero attached hydrogens (tertiary/aromatic N) is 1. The first kappa shape index (κ1) is 27.6. The van der Waals surface area contributed by atoms with E-state index in [4.69, 9.17) is 23.9 Å². The quantitative estimate of drug-likeness (QED) is 0.342. The molecule has 2 aromatic carbocycles. The van der Waals surface area contributed by atoms with Crippen molar-refractivity contribution in [3.63, 3.8) is 0 Å². The first-order valence-electron chi connectivity index (χ1n) is 12.4. The summed E-state index contributed by atoms with van der Waals surface area (Å²) in [6.45, 7) is 9.71. The fraction of sp³-hybridized carbons (Fsp3) is 0.414. The van der Waals surface area contributed by atoms with Gasteiger partial charge in [0.05, 0.1) is 30.2 Å². The minimum absolute atomic E-state index is 0.212. The average molecular weight is 507 g/mol. The van der Waals surface area contributed by atoms with Crippen LogP contribution in [0.15, 0.2) is 52.9 Å². The maximum Gasteiger partial charge on any atom is 0.407 e. The third kappa shape index (κ3) is 8.01. The number of esters is 1. The lowest BCUT2D eigenvalue weighted by atomic mass is 9.94. The van der Waals surface area contributed by atoms with Gasteiger partial charge < -0.3 is 23.9 Å². The summed E-state index contributed by atoms with van der Waals surface area (Å²) in [5.41, 5.74) is 1.40. The first-order valence-corrected chi connectivity index (χ1v) is 12.4. The summed E-state index contributed by atoms with van der Waals surface area (Å²) in [6.07, 6.45) is 0.508. The smallest absolute Gasteiger partial charge is 0.407 e. The third-order valence-corrected chi connectivity index (χ3v) is 5.62. The van der Waals surface area contributed by atoms with E-state index < -0.39 is 17.6 Å². The van der Waals surface area contributed by atoms with Crippen LogP contribution in [0, 0.1) is 11.3 Å². The van der Waals surface area contributed by atoms with E-state index in [1.807, 2.05) is 45.9 Å². The van der Waals surface area contributed by atoms with Crippen molar-refractivity contribution in [2.45, 2.75) is 65.0 Å². The number of hydrogen-bond donors (Lipinski definition) is 1. The monoisotopic (exact) mass is 506 g/mol. The molecule has 0 spiro atoms. The largest absolute Gasteiger partial charge is 0.491 e. The summed E-state index contributed by atoms with van der Waals surface area (Å²) in [5, 5.41) is 12.8. The summed E-state index contributed by atoms with van der Waals surface area (Å²) >= 11 is 0. The molecule has 1 heterocycles. The van der Waals surface area contributed by atoms with E-state index in [1.165, 1.54) is 0 Å². The molecule has 3 rings (SSSR count). The molecule has 0 fully saturated rings. The number of ether oxygens (including phenoxy) is 3. The van der Waals surface area contributed by atoms with E-state index in [2.05, 4.69) is 11.4 Å². The van der Waals surface area contributed by atoms with Crippen molar-refractivity contribution < 1.29 is 28.2 Å². The van der Waals surface area contributed by atoms with E-state index in [0.717, 1.165) is 10.9 Å². The Bertz CT molecular complexity index is 1250. The fourth-order valence-corrected chi connectivity index (χ4v) is 3.78. The number of nitriles is 1. The van der Waals surface area contributed by atoms with Crippen LogP contribution in [0.3, 0.4) is 0 Å². The number of amides is 1. The minimum atomic E-state index is -0.573. The lowest BCUT2D eigenvalue weighted by Crippen LogP contribution is -2.41. The Kier molecular flexibility index (Phi) is 9.18. The molecule has 8 heteroatoms. The maximum atomic E-state index is 12.8. The van der Waals surface area contributed by atoms with E-state index in [1.54, 1.807) is 37.3 Å². The Balaban J connectivity index is 1.69. The van der Waals surface area contributed by atoms with Gasteiger partial charge in [0.15, 0.2) is 0 Å². The summed E-state index contributed by atoms with van der Waals surface area (Å²) in [5.74, 6) is 0.329. The van der Waals surface area contributed by atoms with Gasteiger partial charge in [-0.3, -0.25) is 4.79 Å². The van der Waals surface area contributed by atoms with Crippen LogP contribution in [0.1, 0.15) is 63.8 Å². The van der Waals surface area contributed by atoms with Crippen LogP contribution in [0.2, 0.25) is 0 Å². The van der Waals surface area contributed by atoms with Gasteiger partial charge in [-0.2, -0.15) is 5.26 Å². The highest BCUT2D eigenvalue weighted by molar-refractivity contribution is 5.81. The van der Waals surface area contributed by atoms with Gasteiger partial charge in [-0.25, -0.2) is 4.79 Å². The molecule has 2 unspecified atom stereocenters. The van der Waals surface area contributed by atoms with Crippen LogP contribution in [0.4, 0.5) is 4.79 Å². The molecule has 3 aromatic rings. The molecule has 8 nitrogen and oxygen atoms in total. The molecule has 0 radical (unpaired) electrons. The maximum absolute atomic E-state index is 12.8. The van der Waals surface area contributed by atoms with Crippen LogP contribution >= 0.6 is 0 Å². The summed E-state index contributed by atoms with van der Waals surface area (Å²) in [4.78, 5) is 24.9. The number of rotatable bonds is 10. The predicted octanol–water partition coefficient (Wildman–Crippen LogP) is 5.88. The van der Waals surface area contributed by atoms with Gasteiger partial charge in [-0.05, 0) is 76.1 Å². The van der Waals surface area contributed by atoms with Crippen LogP contribution < -0.4 is 10.1 Å². The average Bonchev–Trinajstić information content (AvgIpc) is 3.26. The Morgan fingerprint density at radius 1 is 1.08 bits per heavy atom. The molecule has 0 saturated carbocycles. The molecule has 1 N–H and O–H groups in total. The highest BCUT2D eigenvalue weighted by Gasteiger charge is 2.25. The van der Waals surface area contributed by atoms with E-state index in [9.17, 15) is 9.59 Å². The van der Waals surface area contributed by atoms with Crippen molar-refractivity contribution in [1.29, 1.82) is 5.26 Å². The van der Waals surface area contributed by atoms with Crippen LogP contribution in [0.5, 0.6) is 5.75 Å². The molecule has 37 heavy (non-hydrogen) atoms. The fourth-order valence-electron chi connectivity index (χ4n) is 3.78. The van der Waals surface area contributed by atoms with Crippen LogP contribution in [0.25, 0.3) is 11.0 Å². The van der Waals surface area contributed by atoms with Gasteiger partial charge in [0.25, 0.3) is 0 Å². The molecule has 1 amide bonds. The molecule has 1 aromatic heterocycles. The number of carbonyl (C=O) groups excluding carboxylic acids is 2. The molecule has 196 valence electrons. The van der Waals surface area contributed by atoms with Crippen molar-refractivity contribution in [3.05, 3.63) is 65.4 Å². The van der Waals surface area contributed by atoms with Crippen molar-refractivity contribution in [3.8, 4) is 11.8 Å². The van der Waals surface area contributed by atoms with Crippen molar-refractivity contribution in [1.82, 2.24) is 5.32 Å². The zero-order chi connectivity index (χ0) is 27.0. The topological polar surface area (TPSA) is 111 Å². The standard InChI is InChI=1S/C29H34N2O6/c1-6-22(31-28(33)37-29(3,4)5)18-35-23-11-9-20(10-12-23)25(27(32)34-7-2)16-24-15-21-14-19(17-30)8-13-26(21)36-24/h8-15,22,25H,6-7,16,18H2,1-5H3,(H,31,33). The first-order chi connectivity index (χ1) is 17.6. The van der Waals surface area contributed by atoms with Crippen molar-refractivity contribution >= 4 is 23.0 Å². The second-order valence-corrected chi connectivity index (χ2v) is 9.72. The highest BCUT2D eigenvalue weighted by atomic mass is 16.6. The Morgan fingerprint density at radius 3 is 2.43 bits per heavy atom. The van der Waals surface area contributed by atoms with Gasteiger partial charge in [0, 0.05) is 11.8 Å². The van der Waals surface area contributed by atoms with E-state index >= 15 is 0 Å². The Labute approximate surface area is 217 Å². The van der Waals surface area contributed by atoms with E-state index in [0.29, 0.717) is 35.5 Å². The summed E-state index contributed by atoms with van der Waals surface area (Å²) in [6, 6.07) is 16.2. The van der Waals surface area contributed by atoms with Crippen molar-refractivity contribution in [2.24, 2.45) is 0 Å². The lowest BCUT2D eigenvalue weighted by molar-refractivity contribution is -0.145. The summed E-state index contributed by atoms with van der Waals surface area (Å²) < 4.78 is 22.4. The van der Waals surface area contributed by atoms with Gasteiger partial charge in [0.1, 0.15) is 29.3 Å². The normalized spacial score (nSPS) is 12.9. The molecular formula is C29H34N2O6. The molecule has 0 bridgehead atoms. The number of nitrogens with one attached hydrogen (secondary N) is 1. The van der Waals surface area contributed by atoms with Gasteiger partial charge in [0.2, 0.25) is 0 Å². The number of hydrogen-bond acceptors (Lipinski definition) is 7. The molecule has 2 atom stereocenters. The Morgan fingerprint density at radius 2 is 1.81 bits per heavy atom. The number of benzene rings is 2. The lowest BCUT2D eigenvalue weighted by Gasteiger charge is -2.23. The molecule has 0 saturated heterocycles. The number of carbonyl (C=O) groups is 2. The SMILES string of the molecule is CCOC(=O)C(Cc1cc2cc(C#N)ccc2o1)c1ccc(OCC(CC)NC(=O)OC(C)(C)C)cc1. The summed E-state index contributed by atoms with van der Waals surface area (Å²) in [7, 11) is 0. The zero-order valence-corrected chi connectivity index (χ0v) is 22.0. The predicted molar refractivity (Wildman–Crippen MR) is 139 cm³/mol. The minimum Gasteiger partial charge on any atom is -0.491 e. The third-order valence-electron chi connectivity index (χ3n) is 5.62. The van der Waals surface area contributed by atoms with Crippen LogP contribution in [-0.2, 0) is 20.7 Å². The number of alkyl carbamates (subject to hydrolysis) is 1. The molecular weight excluding hydrogens is 472 g/mol. The number of fused-ring (bicyclic) bond motifs is 1. The number of furan rings is 1. The second kappa shape index (κ2) is 12.3. The van der Waals surface area contributed by atoms with Crippen molar-refractivity contribution in [2.75, 3.05) is 13.2 Å². The van der Waals surface area contributed by atoms with Gasteiger partial charge in [-0.15, -0.1) is 0 Å². The van der Waals surface area contributed by atoms with Gasteiger partial charge in [-0.1, -0.05) is 19.1 Å². The molecule has 0 aliphatic rings. The Hall–Kier alpha value is -3.99. The van der Waals surface area contributed by atoms with Crippen LogP contribution in [-0.4, -0.2) is 36.9 Å². The molecule has 0 aliphatic heterocycles. The highest BCUT2D eigenvalue weighted by Crippen LogP contribution is 2.28. The van der Waals surface area contributed by atoms with E-state index in [-0.39, 0.29) is 25.2 Å². The van der Waals surface area contributed by atoms with Gasteiger partial charge >= 0.3 is 12.1 Å². The molecule has 0 aliphatic carbocycles. The second-order valence-electron chi connectivity index (χ2n) is 9.72.